The van der Waals surface area contributed by atoms with E-state index in [0.29, 0.717) is 29.4 Å². The number of nitrogens with zero attached hydrogens (tertiary/aromatic N) is 5. The summed E-state index contributed by atoms with van der Waals surface area (Å²) >= 11 is 0. The molecule has 29 heavy (non-hydrogen) atoms. The minimum absolute atomic E-state index is 0.0249. The lowest BCUT2D eigenvalue weighted by atomic mass is 10.1. The molecule has 2 aromatic carbocycles. The summed E-state index contributed by atoms with van der Waals surface area (Å²) in [5.74, 6) is 0.629. The van der Waals surface area contributed by atoms with Gasteiger partial charge in [0, 0.05) is 18.2 Å². The molecular formula is C22H24FN5O. The fraction of sp³-hybridized carbons (Fsp3) is 0.364. The number of hydrogen-bond donors (Lipinski definition) is 0. The van der Waals surface area contributed by atoms with Crippen LogP contribution in [0.15, 0.2) is 48.5 Å². The first-order valence-corrected chi connectivity index (χ1v) is 9.89. The summed E-state index contributed by atoms with van der Waals surface area (Å²) in [4.78, 5) is 16.3. The standard InChI is InChI=1S/C22H24FN5O/c1-15-12-19(10-11-20(15)23)22-24-26-28(25-22)14-21(29)27(16(2)18-8-9-18)13-17-6-4-3-5-7-17/h3-7,10-12,16,18H,8-9,13-14H2,1-2H3. The molecule has 0 radical (unpaired) electrons. The molecule has 1 atom stereocenters. The predicted octanol–water partition coefficient (Wildman–Crippen LogP) is 3.61. The number of hydrogen-bond acceptors (Lipinski definition) is 4. The van der Waals surface area contributed by atoms with Crippen LogP contribution in [0.25, 0.3) is 11.4 Å². The zero-order valence-electron chi connectivity index (χ0n) is 16.6. The number of carbonyl (C=O) groups is 1. The first-order valence-electron chi connectivity index (χ1n) is 9.89. The molecule has 1 aliphatic carbocycles. The largest absolute Gasteiger partial charge is 0.334 e. The molecule has 3 aromatic rings. The van der Waals surface area contributed by atoms with E-state index in [1.54, 1.807) is 19.1 Å². The Morgan fingerprint density at radius 1 is 1.24 bits per heavy atom. The van der Waals surface area contributed by atoms with Gasteiger partial charge in [-0.25, -0.2) is 4.39 Å². The highest BCUT2D eigenvalue weighted by Crippen LogP contribution is 2.35. The van der Waals surface area contributed by atoms with Crippen LogP contribution >= 0.6 is 0 Å². The smallest absolute Gasteiger partial charge is 0.246 e. The van der Waals surface area contributed by atoms with Crippen molar-refractivity contribution >= 4 is 5.91 Å². The van der Waals surface area contributed by atoms with Gasteiger partial charge in [-0.1, -0.05) is 30.3 Å². The van der Waals surface area contributed by atoms with Crippen LogP contribution in [0.3, 0.4) is 0 Å². The van der Waals surface area contributed by atoms with Crippen molar-refractivity contribution in [3.05, 3.63) is 65.5 Å². The van der Waals surface area contributed by atoms with Gasteiger partial charge in [-0.15, -0.1) is 10.2 Å². The Balaban J connectivity index is 1.50. The van der Waals surface area contributed by atoms with Crippen molar-refractivity contribution in [2.24, 2.45) is 5.92 Å². The van der Waals surface area contributed by atoms with Crippen molar-refractivity contribution in [2.45, 2.75) is 45.8 Å². The number of aryl methyl sites for hydroxylation is 1. The third-order valence-corrected chi connectivity index (χ3v) is 5.46. The molecule has 1 unspecified atom stereocenters. The molecule has 4 rings (SSSR count). The highest BCUT2D eigenvalue weighted by Gasteiger charge is 2.34. The maximum absolute atomic E-state index is 13.5. The molecule has 1 heterocycles. The van der Waals surface area contributed by atoms with E-state index in [4.69, 9.17) is 0 Å². The summed E-state index contributed by atoms with van der Waals surface area (Å²) in [6.45, 7) is 4.39. The van der Waals surface area contributed by atoms with E-state index in [1.165, 1.54) is 10.9 Å². The van der Waals surface area contributed by atoms with Crippen LogP contribution in [0.2, 0.25) is 0 Å². The summed E-state index contributed by atoms with van der Waals surface area (Å²) in [6.07, 6.45) is 2.32. The quantitative estimate of drug-likeness (QED) is 0.615. The molecule has 1 aromatic heterocycles. The minimum Gasteiger partial charge on any atom is -0.334 e. The predicted molar refractivity (Wildman–Crippen MR) is 107 cm³/mol. The van der Waals surface area contributed by atoms with Crippen LogP contribution in [0.1, 0.15) is 30.9 Å². The van der Waals surface area contributed by atoms with Crippen LogP contribution in [-0.4, -0.2) is 37.1 Å². The summed E-state index contributed by atoms with van der Waals surface area (Å²) < 4.78 is 13.5. The van der Waals surface area contributed by atoms with Gasteiger partial charge in [0.1, 0.15) is 12.4 Å². The van der Waals surface area contributed by atoms with Crippen molar-refractivity contribution in [3.63, 3.8) is 0 Å². The number of amides is 1. The van der Waals surface area contributed by atoms with Gasteiger partial charge in [0.25, 0.3) is 0 Å². The molecule has 0 spiro atoms. The first-order chi connectivity index (χ1) is 14.0. The molecule has 1 aliphatic rings. The summed E-state index contributed by atoms with van der Waals surface area (Å²) in [5, 5.41) is 12.4. The number of aromatic nitrogens is 4. The van der Waals surface area contributed by atoms with Crippen LogP contribution in [0.5, 0.6) is 0 Å². The Bertz CT molecular complexity index is 999. The molecule has 7 heteroatoms. The third-order valence-electron chi connectivity index (χ3n) is 5.46. The average Bonchev–Trinajstić information content (AvgIpc) is 3.48. The van der Waals surface area contributed by atoms with Crippen molar-refractivity contribution < 1.29 is 9.18 Å². The van der Waals surface area contributed by atoms with Crippen LogP contribution < -0.4 is 0 Å². The Hall–Kier alpha value is -3.09. The van der Waals surface area contributed by atoms with E-state index in [-0.39, 0.29) is 24.3 Å². The summed E-state index contributed by atoms with van der Waals surface area (Å²) in [7, 11) is 0. The normalized spacial score (nSPS) is 14.6. The van der Waals surface area contributed by atoms with Gasteiger partial charge >= 0.3 is 0 Å². The SMILES string of the molecule is Cc1cc(-c2nnn(CC(=O)N(Cc3ccccc3)C(C)C3CC3)n2)ccc1F. The van der Waals surface area contributed by atoms with Gasteiger partial charge < -0.3 is 4.90 Å². The Morgan fingerprint density at radius 2 is 2.00 bits per heavy atom. The maximum atomic E-state index is 13.5. The fourth-order valence-corrected chi connectivity index (χ4v) is 3.49. The molecule has 0 bridgehead atoms. The van der Waals surface area contributed by atoms with Gasteiger partial charge in [0.15, 0.2) is 0 Å². The maximum Gasteiger partial charge on any atom is 0.246 e. The molecular weight excluding hydrogens is 369 g/mol. The minimum atomic E-state index is -0.276. The molecule has 0 N–H and O–H groups in total. The number of carbonyl (C=O) groups excluding carboxylic acids is 1. The second kappa shape index (κ2) is 8.11. The number of halogens is 1. The summed E-state index contributed by atoms with van der Waals surface area (Å²) in [5.41, 5.74) is 2.29. The second-order valence-electron chi connectivity index (χ2n) is 7.69. The zero-order chi connectivity index (χ0) is 20.4. The Labute approximate surface area is 169 Å². The Kier molecular flexibility index (Phi) is 5.38. The zero-order valence-corrected chi connectivity index (χ0v) is 16.6. The second-order valence-corrected chi connectivity index (χ2v) is 7.69. The molecule has 150 valence electrons. The van der Waals surface area contributed by atoms with Crippen molar-refractivity contribution in [2.75, 3.05) is 0 Å². The highest BCUT2D eigenvalue weighted by atomic mass is 19.1. The molecule has 0 aliphatic heterocycles. The molecule has 1 fully saturated rings. The molecule has 1 saturated carbocycles. The van der Waals surface area contributed by atoms with Crippen LogP contribution in [-0.2, 0) is 17.9 Å². The monoisotopic (exact) mass is 393 g/mol. The van der Waals surface area contributed by atoms with Gasteiger partial charge in [0.05, 0.1) is 0 Å². The van der Waals surface area contributed by atoms with Gasteiger partial charge in [0.2, 0.25) is 11.7 Å². The average molecular weight is 393 g/mol. The molecule has 6 nitrogen and oxygen atoms in total. The van der Waals surface area contributed by atoms with Crippen molar-refractivity contribution in [3.8, 4) is 11.4 Å². The summed E-state index contributed by atoms with van der Waals surface area (Å²) in [6, 6.07) is 14.8. The third kappa shape index (κ3) is 4.50. The van der Waals surface area contributed by atoms with Crippen LogP contribution in [0, 0.1) is 18.7 Å². The van der Waals surface area contributed by atoms with E-state index >= 15 is 0 Å². The topological polar surface area (TPSA) is 63.9 Å². The van der Waals surface area contributed by atoms with E-state index in [1.807, 2.05) is 35.2 Å². The molecule has 1 amide bonds. The number of tetrazole rings is 1. The van der Waals surface area contributed by atoms with Crippen molar-refractivity contribution in [1.29, 1.82) is 0 Å². The van der Waals surface area contributed by atoms with E-state index in [2.05, 4.69) is 22.3 Å². The lowest BCUT2D eigenvalue weighted by molar-refractivity contribution is -0.135. The lowest BCUT2D eigenvalue weighted by Crippen LogP contribution is -2.41. The number of rotatable bonds is 7. The van der Waals surface area contributed by atoms with E-state index in [9.17, 15) is 9.18 Å². The Morgan fingerprint density at radius 3 is 2.69 bits per heavy atom. The van der Waals surface area contributed by atoms with E-state index < -0.39 is 0 Å². The van der Waals surface area contributed by atoms with Gasteiger partial charge in [-0.2, -0.15) is 4.80 Å². The molecule has 0 saturated heterocycles. The van der Waals surface area contributed by atoms with Crippen LogP contribution in [0.4, 0.5) is 4.39 Å². The van der Waals surface area contributed by atoms with Gasteiger partial charge in [-0.3, -0.25) is 4.79 Å². The lowest BCUT2D eigenvalue weighted by Gasteiger charge is -2.29. The fourth-order valence-electron chi connectivity index (χ4n) is 3.49. The van der Waals surface area contributed by atoms with Crippen molar-refractivity contribution in [1.82, 2.24) is 25.1 Å². The van der Waals surface area contributed by atoms with E-state index in [0.717, 1.165) is 18.4 Å². The van der Waals surface area contributed by atoms with Gasteiger partial charge in [-0.05, 0) is 67.1 Å². The first kappa shape index (κ1) is 19.2. The number of benzene rings is 2. The highest BCUT2D eigenvalue weighted by molar-refractivity contribution is 5.76.